The quantitative estimate of drug-likeness (QED) is 0.0546. The Morgan fingerprint density at radius 2 is 0.881 bits per heavy atom. The van der Waals surface area contributed by atoms with Crippen molar-refractivity contribution in [3.05, 3.63) is 43.7 Å². The predicted molar refractivity (Wildman–Crippen MR) is 263 cm³/mol. The average Bonchev–Trinajstić information content (AvgIpc) is 3.18. The van der Waals surface area contributed by atoms with Crippen molar-refractivity contribution in [3.8, 4) is 0 Å². The maximum atomic E-state index is 15.6. The van der Waals surface area contributed by atoms with E-state index >= 15 is 4.79 Å². The number of imide groups is 1. The fourth-order valence-electron chi connectivity index (χ4n) is 5.00. The fourth-order valence-corrected chi connectivity index (χ4v) is 14.5. The molecule has 0 saturated heterocycles. The van der Waals surface area contributed by atoms with Gasteiger partial charge in [0, 0.05) is 40.2 Å². The Kier molecular flexibility index (Phi) is 23.4. The van der Waals surface area contributed by atoms with Gasteiger partial charge in [-0.15, -0.1) is 0 Å². The van der Waals surface area contributed by atoms with E-state index in [4.69, 9.17) is 0 Å². The molecule has 59 heavy (non-hydrogen) atoms. The number of quaternary nitrogens is 1. The van der Waals surface area contributed by atoms with Gasteiger partial charge in [-0.3, -0.25) is 19.2 Å². The zero-order valence-electron chi connectivity index (χ0n) is 30.9. The first-order valence-electron chi connectivity index (χ1n) is 16.9. The Balaban J connectivity index is 3.24. The fraction of sp³-hybridized carbons (Fsp3) is 0.455. The summed E-state index contributed by atoms with van der Waals surface area (Å²) < 4.78 is -1.21. The minimum absolute atomic E-state index is 0.00975. The third-order valence-corrected chi connectivity index (χ3v) is 14.6. The molecule has 6 amide bonds. The van der Waals surface area contributed by atoms with E-state index in [1.54, 1.807) is 136 Å². The second-order valence-electron chi connectivity index (χ2n) is 12.6. The molecule has 5 atom stereocenters. The van der Waals surface area contributed by atoms with E-state index in [9.17, 15) is 64.8 Å². The molecule has 328 valence electrons. The third kappa shape index (κ3) is 13.6. The van der Waals surface area contributed by atoms with E-state index in [-0.39, 0.29) is 61.6 Å². The van der Waals surface area contributed by atoms with Crippen molar-refractivity contribution in [2.24, 2.45) is 0 Å². The van der Waals surface area contributed by atoms with Crippen molar-refractivity contribution in [2.45, 2.75) is 31.3 Å². The number of anilines is 1. The van der Waals surface area contributed by atoms with E-state index in [1.807, 2.05) is 0 Å². The number of hydrogen-bond acceptors (Lipinski definition) is 15. The summed E-state index contributed by atoms with van der Waals surface area (Å²) in [5, 5.41) is 90.2. The molecule has 0 aliphatic carbocycles. The number of likely N-dealkylation sites (N-methyl/N-ethyl adjacent to an activating group) is 1. The summed E-state index contributed by atoms with van der Waals surface area (Å²) in [5.41, 5.74) is -1.10. The molecule has 0 fully saturated rings. The normalized spacial score (nSPS) is 14.4. The highest BCUT2D eigenvalue weighted by molar-refractivity contribution is 14.1. The molecule has 0 saturated carbocycles. The van der Waals surface area contributed by atoms with Crippen LogP contribution in [0.1, 0.15) is 48.4 Å². The lowest BCUT2D eigenvalue weighted by molar-refractivity contribution is -0.126. The first-order chi connectivity index (χ1) is 27.6. The van der Waals surface area contributed by atoms with Gasteiger partial charge in [0.15, 0.2) is 5.69 Å². The van der Waals surface area contributed by atoms with E-state index < -0.39 is 117 Å². The number of benzene rings is 2. The van der Waals surface area contributed by atoms with Crippen LogP contribution in [0, 0.1) is 21.4 Å². The molecule has 0 aliphatic rings. The Morgan fingerprint density at radius 3 is 1.25 bits per heavy atom. The van der Waals surface area contributed by atoms with Gasteiger partial charge in [-0.05, 0) is 136 Å². The lowest BCUT2D eigenvalue weighted by Crippen LogP contribution is -2.60. The number of halogens is 6. The number of carbonyl (C=O) groups is 6. The SMILES string of the molecule is CC(=O)Nc1c(I)c(C(=O)NCC(O)CO)c(I)c(C(=O)[N+](C)(C(=O)CNCC(O)CO)c2c(I)c(C(=O)NCC(O)CO)c(I)c(C(=O)NCC(O)CO)c2I)c1I. The topological polar surface area (TPSA) is 324 Å². The zero-order chi connectivity index (χ0) is 45.1. The van der Waals surface area contributed by atoms with Crippen LogP contribution >= 0.6 is 136 Å². The van der Waals surface area contributed by atoms with Gasteiger partial charge in [0.1, 0.15) is 12.1 Å². The monoisotopic (exact) mass is 1510 g/mol. The summed E-state index contributed by atoms with van der Waals surface area (Å²) in [7, 11) is 1.18. The van der Waals surface area contributed by atoms with E-state index in [0.717, 1.165) is 0 Å². The second kappa shape index (κ2) is 25.2. The minimum atomic E-state index is -1.38. The lowest BCUT2D eigenvalue weighted by Gasteiger charge is -2.33. The molecule has 2 rings (SSSR count). The molecule has 0 aromatic heterocycles. The van der Waals surface area contributed by atoms with Crippen molar-refractivity contribution in [3.63, 3.8) is 0 Å². The maximum Gasteiger partial charge on any atom is 0.360 e. The zero-order valence-corrected chi connectivity index (χ0v) is 43.9. The predicted octanol–water partition coefficient (Wildman–Crippen LogP) is -1.23. The summed E-state index contributed by atoms with van der Waals surface area (Å²) in [5.74, 6) is -5.17. The van der Waals surface area contributed by atoms with Gasteiger partial charge in [0.05, 0.1) is 94.5 Å². The van der Waals surface area contributed by atoms with Crippen molar-refractivity contribution in [2.75, 3.05) is 71.5 Å². The van der Waals surface area contributed by atoms with Crippen LogP contribution < -0.4 is 31.1 Å². The number of nitrogens with one attached hydrogen (secondary N) is 5. The average molecular weight is 1510 g/mol. The number of aliphatic hydroxyl groups excluding tert-OH is 8. The number of carbonyl (C=O) groups excluding carboxylic acids is 6. The summed E-state index contributed by atoms with van der Waals surface area (Å²) in [6.45, 7) is -3.84. The molecule has 2 aromatic rings. The van der Waals surface area contributed by atoms with Crippen molar-refractivity contribution in [1.29, 1.82) is 0 Å². The Bertz CT molecular complexity index is 1890. The van der Waals surface area contributed by atoms with Gasteiger partial charge in [-0.1, -0.05) is 0 Å². The molecule has 0 radical (unpaired) electrons. The maximum absolute atomic E-state index is 15.6. The molecule has 0 bridgehead atoms. The Labute approximate surface area is 419 Å². The summed E-state index contributed by atoms with van der Waals surface area (Å²) in [6.07, 6.45) is -5.42. The molecular formula is C33H41I6N6O14+. The van der Waals surface area contributed by atoms with Gasteiger partial charge in [-0.25, -0.2) is 9.59 Å². The second-order valence-corrected chi connectivity index (χ2v) is 19.1. The Hall–Kier alpha value is -0.360. The van der Waals surface area contributed by atoms with Crippen LogP contribution in [0.2, 0.25) is 0 Å². The van der Waals surface area contributed by atoms with Crippen LogP contribution in [0.25, 0.3) is 0 Å². The van der Waals surface area contributed by atoms with Crippen LogP contribution in [0.4, 0.5) is 11.4 Å². The standard InChI is InChI=1S/C33H40I6N6O14/c1-12(50)44-28-24(36)18(30(56)41-4-14(52)9-47)23(35)21(25(28)37)33(59)45(2,17(55)7-40-3-13(51)8-46)29-26(38)19(31(57)42-5-15(53)10-48)22(34)20(27(29)39)32(58)43-6-16(54)11-49/h13-16,40,46-49,51-54H,3-11H2,1-2H3,(H3-,41,42,43,44,50,56,57,58)/p+1. The summed E-state index contributed by atoms with van der Waals surface area (Å²) in [6, 6.07) is 0. The summed E-state index contributed by atoms with van der Waals surface area (Å²) >= 11 is 10.5. The number of hydrogen-bond donors (Lipinski definition) is 13. The highest BCUT2D eigenvalue weighted by Crippen LogP contribution is 2.44. The molecule has 0 heterocycles. The molecule has 13 N–H and O–H groups in total. The number of nitrogens with zero attached hydrogens (tertiary/aromatic N) is 1. The largest absolute Gasteiger partial charge is 0.394 e. The first kappa shape index (κ1) is 54.8. The van der Waals surface area contributed by atoms with Crippen molar-refractivity contribution >= 4 is 182 Å². The number of aliphatic hydroxyl groups is 8. The van der Waals surface area contributed by atoms with Crippen molar-refractivity contribution < 1.29 is 69.6 Å². The highest BCUT2D eigenvalue weighted by Gasteiger charge is 2.50. The summed E-state index contributed by atoms with van der Waals surface area (Å²) in [4.78, 5) is 84.5. The van der Waals surface area contributed by atoms with Gasteiger partial charge in [0.25, 0.3) is 17.7 Å². The van der Waals surface area contributed by atoms with E-state index in [0.29, 0.717) is 0 Å². The minimum Gasteiger partial charge on any atom is -0.394 e. The van der Waals surface area contributed by atoms with Crippen LogP contribution in [0.5, 0.6) is 0 Å². The molecule has 20 nitrogen and oxygen atoms in total. The van der Waals surface area contributed by atoms with Crippen LogP contribution in [0.15, 0.2) is 0 Å². The molecular weight excluding hydrogens is 1470 g/mol. The number of amides is 6. The molecule has 0 spiro atoms. The van der Waals surface area contributed by atoms with Crippen LogP contribution in [0.3, 0.4) is 0 Å². The highest BCUT2D eigenvalue weighted by atomic mass is 127. The van der Waals surface area contributed by atoms with Crippen LogP contribution in [-0.4, -0.2) is 167 Å². The lowest BCUT2D eigenvalue weighted by atomic mass is 10.0. The van der Waals surface area contributed by atoms with Gasteiger partial charge < -0.3 is 67.4 Å². The van der Waals surface area contributed by atoms with E-state index in [1.165, 1.54) is 14.0 Å². The number of rotatable bonds is 20. The smallest absolute Gasteiger partial charge is 0.360 e. The van der Waals surface area contributed by atoms with Gasteiger partial charge in [0.2, 0.25) is 5.91 Å². The van der Waals surface area contributed by atoms with Crippen molar-refractivity contribution in [1.82, 2.24) is 25.8 Å². The third-order valence-electron chi connectivity index (χ3n) is 8.15. The van der Waals surface area contributed by atoms with Gasteiger partial charge >= 0.3 is 11.8 Å². The molecule has 2 aromatic carbocycles. The first-order valence-corrected chi connectivity index (χ1v) is 23.4. The Morgan fingerprint density at radius 1 is 0.542 bits per heavy atom. The van der Waals surface area contributed by atoms with E-state index in [2.05, 4.69) is 26.6 Å². The molecule has 5 unspecified atom stereocenters. The van der Waals surface area contributed by atoms with Crippen LogP contribution in [-0.2, 0) is 9.59 Å². The molecule has 26 heteroatoms. The molecule has 0 aliphatic heterocycles. The van der Waals surface area contributed by atoms with Gasteiger partial charge in [-0.2, -0.15) is 4.48 Å².